The van der Waals surface area contributed by atoms with E-state index in [-0.39, 0.29) is 67.0 Å². The average Bonchev–Trinajstić information content (AvgIpc) is 3.87. The molecule has 0 radical (unpaired) electrons. The number of carbonyl (C=O) groups excluding carboxylic acids is 5. The number of carbonyl (C=O) groups is 6. The highest BCUT2D eigenvalue weighted by atomic mass is 19.3. The summed E-state index contributed by atoms with van der Waals surface area (Å²) < 4.78 is 40.2. The molecule has 364 valence electrons. The number of hydrogen-bond donors (Lipinski definition) is 1. The largest absolute Gasteiger partial charge is 0.480 e. The third-order valence-corrected chi connectivity index (χ3v) is 12.6. The molecule has 0 aliphatic carbocycles. The maximum atomic E-state index is 14.5. The van der Waals surface area contributed by atoms with Crippen molar-refractivity contribution < 1.29 is 52.1 Å². The van der Waals surface area contributed by atoms with Crippen LogP contribution in [-0.4, -0.2) is 183 Å². The van der Waals surface area contributed by atoms with Crippen molar-refractivity contribution in [3.63, 3.8) is 0 Å². The van der Waals surface area contributed by atoms with E-state index in [0.717, 1.165) is 12.8 Å². The van der Waals surface area contributed by atoms with Gasteiger partial charge in [0.1, 0.15) is 11.2 Å². The summed E-state index contributed by atoms with van der Waals surface area (Å²) >= 11 is 0. The summed E-state index contributed by atoms with van der Waals surface area (Å²) in [6.07, 6.45) is 2.69. The lowest BCUT2D eigenvalue weighted by Gasteiger charge is -2.46. The molecule has 0 unspecified atom stereocenters. The highest BCUT2D eigenvalue weighted by molar-refractivity contribution is 5.97. The van der Waals surface area contributed by atoms with E-state index in [0.29, 0.717) is 83.1 Å². The van der Waals surface area contributed by atoms with E-state index in [1.807, 2.05) is 79.0 Å². The van der Waals surface area contributed by atoms with Crippen LogP contribution < -0.4 is 4.90 Å². The van der Waals surface area contributed by atoms with Gasteiger partial charge in [-0.2, -0.15) is 0 Å². The van der Waals surface area contributed by atoms with Gasteiger partial charge < -0.3 is 39.1 Å². The highest BCUT2D eigenvalue weighted by Gasteiger charge is 2.45. The van der Waals surface area contributed by atoms with E-state index < -0.39 is 40.7 Å². The fraction of sp³-hybridized carbons (Fsp3) is 0.761. The molecule has 0 spiro atoms. The number of alkyl halides is 2. The third-order valence-electron chi connectivity index (χ3n) is 12.6. The first-order valence-corrected chi connectivity index (χ1v) is 23.0. The number of carboxylic acid groups (broad SMARTS) is 1. The Hall–Kier alpha value is -4.65. The molecule has 19 heteroatoms. The number of anilines is 1. The van der Waals surface area contributed by atoms with Crippen LogP contribution in [0.4, 0.5) is 24.1 Å². The van der Waals surface area contributed by atoms with Crippen molar-refractivity contribution in [2.45, 2.75) is 155 Å². The molecule has 6 rings (SSSR count). The van der Waals surface area contributed by atoms with Crippen LogP contribution >= 0.6 is 0 Å². The number of amides is 5. The summed E-state index contributed by atoms with van der Waals surface area (Å²) in [5, 5.41) is 9.18. The van der Waals surface area contributed by atoms with Gasteiger partial charge in [0.2, 0.25) is 17.7 Å². The van der Waals surface area contributed by atoms with Crippen LogP contribution in [0.5, 0.6) is 0 Å². The van der Waals surface area contributed by atoms with Crippen molar-refractivity contribution >= 4 is 41.6 Å². The van der Waals surface area contributed by atoms with Crippen molar-refractivity contribution in [3.05, 3.63) is 23.5 Å². The number of fused-ring (bicyclic) bond motifs is 1. The first kappa shape index (κ1) is 51.3. The van der Waals surface area contributed by atoms with Crippen LogP contribution in [0.25, 0.3) is 0 Å². The molecule has 0 saturated carbocycles. The lowest BCUT2D eigenvalue weighted by atomic mass is 9.91. The zero-order valence-corrected chi connectivity index (χ0v) is 40.3. The zero-order valence-electron chi connectivity index (χ0n) is 40.3. The van der Waals surface area contributed by atoms with E-state index >= 15 is 0 Å². The van der Waals surface area contributed by atoms with E-state index in [4.69, 9.17) is 9.47 Å². The number of piperazine rings is 2. The Balaban J connectivity index is 0.000000273. The number of aromatic nitrogens is 1. The number of halogens is 2. The van der Waals surface area contributed by atoms with Gasteiger partial charge in [-0.15, -0.1) is 0 Å². The number of hydrogen-bond acceptors (Lipinski definition) is 11. The zero-order chi connectivity index (χ0) is 48.4. The topological polar surface area (TPSA) is 177 Å². The van der Waals surface area contributed by atoms with E-state index in [1.165, 1.54) is 19.2 Å². The number of likely N-dealkylation sites (tertiary alicyclic amines) is 2. The molecule has 0 bridgehead atoms. The van der Waals surface area contributed by atoms with E-state index in [9.17, 15) is 42.7 Å². The molecule has 5 aliphatic heterocycles. The second kappa shape index (κ2) is 20.1. The number of nitrogens with zero attached hydrogens (tertiary/aromatic N) is 8. The third kappa shape index (κ3) is 13.0. The highest BCUT2D eigenvalue weighted by Crippen LogP contribution is 2.42. The van der Waals surface area contributed by atoms with Crippen LogP contribution in [0.15, 0.2) is 12.3 Å². The van der Waals surface area contributed by atoms with Gasteiger partial charge in [0.05, 0.1) is 24.5 Å². The number of pyridine rings is 1. The molecule has 5 aliphatic rings. The first-order chi connectivity index (χ1) is 30.1. The Morgan fingerprint density at radius 3 is 1.65 bits per heavy atom. The smallest absolute Gasteiger partial charge is 0.410 e. The van der Waals surface area contributed by atoms with Crippen molar-refractivity contribution in [1.29, 1.82) is 0 Å². The Kier molecular flexibility index (Phi) is 15.8. The number of rotatable bonds is 10. The Bertz CT molecular complexity index is 1940. The van der Waals surface area contributed by atoms with Gasteiger partial charge >= 0.3 is 18.2 Å². The maximum Gasteiger partial charge on any atom is 0.410 e. The fourth-order valence-corrected chi connectivity index (χ4v) is 9.20. The van der Waals surface area contributed by atoms with Crippen LogP contribution in [-0.2, 0) is 40.0 Å². The Morgan fingerprint density at radius 1 is 0.785 bits per heavy atom. The molecular weight excluding hydrogens is 847 g/mol. The molecule has 1 aromatic heterocycles. The second-order valence-electron chi connectivity index (χ2n) is 20.9. The standard InChI is InChI=1S/C29H43F2N5O4.C17H29N3O5/c1-8-29(30,31)20-12-22-25(32-13-20)28(6,7)18-36(22)24(38)17-34-14-19(2)35(26(39)40-27(3,4)5)16-21(34)15-33-11-9-10-23(33)37;1-12-8-19(11-15(22)23)13(9-18-7-5-6-14(18)21)10-20(12)16(24)25-17(2,3)4/h12-13,19,21H,8-11,14-18H2,1-7H3;12-13H,5-11H2,1-4H3,(H,22,23)/t19-,21+;12-,13+/m11/s1. The van der Waals surface area contributed by atoms with Gasteiger partial charge in [0, 0.05) is 120 Å². The van der Waals surface area contributed by atoms with Gasteiger partial charge in [0.25, 0.3) is 5.92 Å². The number of aliphatic carboxylic acids is 1. The minimum Gasteiger partial charge on any atom is -0.480 e. The van der Waals surface area contributed by atoms with Crippen LogP contribution in [0, 0.1) is 0 Å². The van der Waals surface area contributed by atoms with E-state index in [1.54, 1.807) is 24.5 Å². The molecule has 1 N–H and O–H groups in total. The predicted molar refractivity (Wildman–Crippen MR) is 239 cm³/mol. The molecule has 6 heterocycles. The minimum atomic E-state index is -3.04. The summed E-state index contributed by atoms with van der Waals surface area (Å²) in [5.41, 5.74) is -0.882. The number of carboxylic acids is 1. The predicted octanol–water partition coefficient (Wildman–Crippen LogP) is 5.14. The molecule has 17 nitrogen and oxygen atoms in total. The maximum absolute atomic E-state index is 14.5. The van der Waals surface area contributed by atoms with Gasteiger partial charge in [-0.1, -0.05) is 20.8 Å². The van der Waals surface area contributed by atoms with E-state index in [2.05, 4.69) is 4.98 Å². The molecule has 0 aromatic carbocycles. The molecule has 65 heavy (non-hydrogen) atoms. The Morgan fingerprint density at radius 2 is 1.25 bits per heavy atom. The fourth-order valence-electron chi connectivity index (χ4n) is 9.20. The second-order valence-corrected chi connectivity index (χ2v) is 20.9. The van der Waals surface area contributed by atoms with Gasteiger partial charge in [-0.05, 0) is 74.3 Å². The van der Waals surface area contributed by atoms with Crippen molar-refractivity contribution in [2.24, 2.45) is 0 Å². The van der Waals surface area contributed by atoms with Crippen LogP contribution in [0.3, 0.4) is 0 Å². The number of ether oxygens (including phenoxy) is 2. The van der Waals surface area contributed by atoms with Gasteiger partial charge in [-0.25, -0.2) is 18.4 Å². The summed E-state index contributed by atoms with van der Waals surface area (Å²) in [6.45, 7) is 24.0. The van der Waals surface area contributed by atoms with Crippen molar-refractivity contribution in [1.82, 2.24) is 34.4 Å². The van der Waals surface area contributed by atoms with Crippen LogP contribution in [0.2, 0.25) is 0 Å². The normalized spacial score (nSPS) is 24.2. The molecule has 1 aromatic rings. The monoisotopic (exact) mass is 919 g/mol. The summed E-state index contributed by atoms with van der Waals surface area (Å²) in [6, 6.07) is 0.536. The summed E-state index contributed by atoms with van der Waals surface area (Å²) in [4.78, 5) is 91.6. The molecule has 5 amide bonds. The lowest BCUT2D eigenvalue weighted by molar-refractivity contribution is -0.140. The minimum absolute atomic E-state index is 0.0309. The molecular formula is C46H72F2N8O9. The Labute approximate surface area is 382 Å². The quantitative estimate of drug-likeness (QED) is 0.328. The molecule has 4 fully saturated rings. The molecule has 4 saturated heterocycles. The van der Waals surface area contributed by atoms with Crippen molar-refractivity contribution in [2.75, 3.05) is 76.9 Å². The van der Waals surface area contributed by atoms with Crippen LogP contribution in [0.1, 0.15) is 120 Å². The lowest BCUT2D eigenvalue weighted by Crippen LogP contribution is -2.63. The summed E-state index contributed by atoms with van der Waals surface area (Å²) in [7, 11) is 0. The SMILES string of the molecule is CCC(F)(F)c1cnc2c(c1)N(C(=O)CN1C[C@@H](C)N(C(=O)OC(C)(C)C)C[C@@H]1CN1CCCC1=O)CC2(C)C.C[C@@H]1CN(CC(=O)O)[C@@H](CN2CCCC2=O)CN1C(=O)OC(C)(C)C. The van der Waals surface area contributed by atoms with Gasteiger partial charge in [-0.3, -0.25) is 34.0 Å². The molecule has 4 atom stereocenters. The van der Waals surface area contributed by atoms with Gasteiger partial charge in [0.15, 0.2) is 0 Å². The first-order valence-electron chi connectivity index (χ1n) is 23.0. The van der Waals surface area contributed by atoms with Crippen molar-refractivity contribution in [3.8, 4) is 0 Å². The average molecular weight is 919 g/mol. The summed E-state index contributed by atoms with van der Waals surface area (Å²) in [5.74, 6) is -4.00.